The Morgan fingerprint density at radius 1 is 1.71 bits per heavy atom. The fourth-order valence-electron chi connectivity index (χ4n) is 2.38. The fourth-order valence-corrected chi connectivity index (χ4v) is 2.38. The smallest absolute Gasteiger partial charge is 0.220 e. The van der Waals surface area contributed by atoms with Crippen LogP contribution in [0, 0.1) is 5.92 Å². The number of carbonyl (C=O) groups is 1. The van der Waals surface area contributed by atoms with Crippen molar-refractivity contribution >= 4 is 5.91 Å². The van der Waals surface area contributed by atoms with Crippen LogP contribution in [0.5, 0.6) is 0 Å². The van der Waals surface area contributed by atoms with E-state index >= 15 is 0 Å². The quantitative estimate of drug-likeness (QED) is 0.710. The number of hydrogen-bond donors (Lipinski definition) is 2. The molecule has 0 saturated carbocycles. The third-order valence-electron chi connectivity index (χ3n) is 3.91. The van der Waals surface area contributed by atoms with Gasteiger partial charge in [0.25, 0.3) is 0 Å². The van der Waals surface area contributed by atoms with E-state index in [1.165, 1.54) is 0 Å². The van der Waals surface area contributed by atoms with E-state index in [-0.39, 0.29) is 23.9 Å². The van der Waals surface area contributed by atoms with Gasteiger partial charge in [-0.1, -0.05) is 19.1 Å². The minimum absolute atomic E-state index is 0.0383. The van der Waals surface area contributed by atoms with Gasteiger partial charge in [0, 0.05) is 19.4 Å². The van der Waals surface area contributed by atoms with Crippen LogP contribution in [0.15, 0.2) is 12.2 Å². The normalized spacial score (nSPS) is 30.3. The minimum atomic E-state index is -0.401. The molecule has 98 valence electrons. The molecular formula is C13H24N2O2. The summed E-state index contributed by atoms with van der Waals surface area (Å²) < 4.78 is 5.52. The molecule has 0 aromatic carbocycles. The Bertz CT molecular complexity index is 298. The van der Waals surface area contributed by atoms with Gasteiger partial charge in [-0.25, -0.2) is 0 Å². The van der Waals surface area contributed by atoms with Crippen LogP contribution in [-0.2, 0) is 9.53 Å². The van der Waals surface area contributed by atoms with Gasteiger partial charge in [0.1, 0.15) is 0 Å². The highest BCUT2D eigenvalue weighted by molar-refractivity contribution is 5.79. The molecule has 4 heteroatoms. The van der Waals surface area contributed by atoms with Crippen molar-refractivity contribution in [3.8, 4) is 0 Å². The predicted molar refractivity (Wildman–Crippen MR) is 68.5 cm³/mol. The van der Waals surface area contributed by atoms with Crippen LogP contribution in [0.25, 0.3) is 0 Å². The molecule has 17 heavy (non-hydrogen) atoms. The van der Waals surface area contributed by atoms with E-state index in [0.717, 1.165) is 6.42 Å². The second-order valence-corrected chi connectivity index (χ2v) is 4.88. The summed E-state index contributed by atoms with van der Waals surface area (Å²) in [5.74, 6) is 0.242. The molecule has 0 radical (unpaired) electrons. The number of amides is 1. The van der Waals surface area contributed by atoms with Gasteiger partial charge in [0.2, 0.25) is 5.91 Å². The summed E-state index contributed by atoms with van der Waals surface area (Å²) in [5, 5.41) is 2.97. The van der Waals surface area contributed by atoms with Gasteiger partial charge in [-0.3, -0.25) is 4.79 Å². The highest BCUT2D eigenvalue weighted by Crippen LogP contribution is 2.28. The molecule has 1 saturated heterocycles. The van der Waals surface area contributed by atoms with Gasteiger partial charge >= 0.3 is 0 Å². The number of nitrogens with two attached hydrogens (primary N) is 1. The van der Waals surface area contributed by atoms with Gasteiger partial charge in [-0.05, 0) is 20.3 Å². The Morgan fingerprint density at radius 3 is 2.82 bits per heavy atom. The number of hydrogen-bond acceptors (Lipinski definition) is 3. The Kier molecular flexibility index (Phi) is 4.71. The monoisotopic (exact) mass is 240 g/mol. The zero-order valence-electron chi connectivity index (χ0n) is 11.2. The van der Waals surface area contributed by atoms with Crippen molar-refractivity contribution in [1.82, 2.24) is 5.32 Å². The van der Waals surface area contributed by atoms with Crippen LogP contribution in [0.2, 0.25) is 0 Å². The third-order valence-corrected chi connectivity index (χ3v) is 3.91. The molecule has 3 N–H and O–H groups in total. The van der Waals surface area contributed by atoms with Crippen LogP contribution in [0.3, 0.4) is 0 Å². The number of carbonyl (C=O) groups excluding carboxylic acids is 1. The van der Waals surface area contributed by atoms with Crippen molar-refractivity contribution in [2.24, 2.45) is 11.7 Å². The molecule has 0 aromatic heterocycles. The van der Waals surface area contributed by atoms with Gasteiger partial charge in [0.15, 0.2) is 0 Å². The maximum atomic E-state index is 11.5. The molecule has 1 heterocycles. The van der Waals surface area contributed by atoms with Crippen molar-refractivity contribution in [3.05, 3.63) is 12.2 Å². The number of nitrogens with one attached hydrogen (secondary N) is 1. The number of allylic oxidation sites excluding steroid dienone is 1. The lowest BCUT2D eigenvalue weighted by molar-refractivity contribution is -0.119. The molecule has 1 rings (SSSR count). The molecule has 0 unspecified atom stereocenters. The van der Waals surface area contributed by atoms with Crippen LogP contribution in [0.1, 0.15) is 33.6 Å². The minimum Gasteiger partial charge on any atom is -0.377 e. The van der Waals surface area contributed by atoms with Gasteiger partial charge in [-0.15, -0.1) is 0 Å². The average Bonchev–Trinajstić information content (AvgIpc) is 2.68. The van der Waals surface area contributed by atoms with Crippen LogP contribution >= 0.6 is 0 Å². The third kappa shape index (κ3) is 2.87. The largest absolute Gasteiger partial charge is 0.377 e. The van der Waals surface area contributed by atoms with E-state index < -0.39 is 5.60 Å². The fraction of sp³-hybridized carbons (Fsp3) is 0.769. The number of ether oxygens (including phenoxy) is 1. The standard InChI is InChI=1S/C13H24N2O2/c1-5-7-9-8-10(16)15-11(9)12(14)13(3,6-2)17-4/h5,7,9,11-12H,6,8,14H2,1-4H3,(H,15,16)/b7-5+/t9-,11-,12-,13+/m1/s1. The first kappa shape index (κ1) is 14.2. The molecule has 1 aliphatic heterocycles. The summed E-state index contributed by atoms with van der Waals surface area (Å²) in [4.78, 5) is 11.5. The maximum Gasteiger partial charge on any atom is 0.220 e. The van der Waals surface area contributed by atoms with E-state index in [1.807, 2.05) is 32.9 Å². The Hall–Kier alpha value is -0.870. The highest BCUT2D eigenvalue weighted by atomic mass is 16.5. The maximum absolute atomic E-state index is 11.5. The second-order valence-electron chi connectivity index (χ2n) is 4.88. The molecule has 4 nitrogen and oxygen atoms in total. The molecule has 4 atom stereocenters. The molecule has 1 amide bonds. The van der Waals surface area contributed by atoms with E-state index in [0.29, 0.717) is 6.42 Å². The van der Waals surface area contributed by atoms with Gasteiger partial charge < -0.3 is 15.8 Å². The first-order valence-corrected chi connectivity index (χ1v) is 6.21. The van der Waals surface area contributed by atoms with E-state index in [4.69, 9.17) is 10.5 Å². The predicted octanol–water partition coefficient (Wildman–Crippen LogP) is 1.21. The molecule has 0 aliphatic carbocycles. The number of methoxy groups -OCH3 is 1. The van der Waals surface area contributed by atoms with E-state index in [2.05, 4.69) is 5.32 Å². The Labute approximate surface area is 104 Å². The number of rotatable bonds is 5. The summed E-state index contributed by atoms with van der Waals surface area (Å²) in [6.07, 6.45) is 5.36. The Morgan fingerprint density at radius 2 is 2.35 bits per heavy atom. The molecule has 1 aliphatic rings. The van der Waals surface area contributed by atoms with Crippen molar-refractivity contribution in [2.75, 3.05) is 7.11 Å². The summed E-state index contributed by atoms with van der Waals surface area (Å²) >= 11 is 0. The second kappa shape index (κ2) is 5.65. The lowest BCUT2D eigenvalue weighted by Crippen LogP contribution is -2.58. The first-order chi connectivity index (χ1) is 7.98. The van der Waals surface area contributed by atoms with Crippen molar-refractivity contribution < 1.29 is 9.53 Å². The zero-order valence-corrected chi connectivity index (χ0v) is 11.2. The summed E-state index contributed by atoms with van der Waals surface area (Å²) in [6.45, 7) is 6.00. The summed E-state index contributed by atoms with van der Waals surface area (Å²) in [6, 6.07) is -0.242. The molecule has 0 aromatic rings. The van der Waals surface area contributed by atoms with Gasteiger partial charge in [0.05, 0.1) is 17.7 Å². The van der Waals surface area contributed by atoms with Crippen LogP contribution < -0.4 is 11.1 Å². The Balaban J connectivity index is 2.86. The first-order valence-electron chi connectivity index (χ1n) is 6.21. The van der Waals surface area contributed by atoms with Crippen LogP contribution in [0.4, 0.5) is 0 Å². The van der Waals surface area contributed by atoms with Crippen LogP contribution in [-0.4, -0.2) is 30.7 Å². The van der Waals surface area contributed by atoms with Crippen molar-refractivity contribution in [2.45, 2.75) is 51.3 Å². The summed E-state index contributed by atoms with van der Waals surface area (Å²) in [5.41, 5.74) is 5.89. The van der Waals surface area contributed by atoms with Gasteiger partial charge in [-0.2, -0.15) is 0 Å². The van der Waals surface area contributed by atoms with Crippen molar-refractivity contribution in [3.63, 3.8) is 0 Å². The van der Waals surface area contributed by atoms with E-state index in [9.17, 15) is 4.79 Å². The molecule has 0 spiro atoms. The van der Waals surface area contributed by atoms with Crippen molar-refractivity contribution in [1.29, 1.82) is 0 Å². The molecule has 1 fully saturated rings. The summed E-state index contributed by atoms with van der Waals surface area (Å²) in [7, 11) is 1.67. The van der Waals surface area contributed by atoms with E-state index in [1.54, 1.807) is 7.11 Å². The lowest BCUT2D eigenvalue weighted by atomic mass is 9.83. The zero-order chi connectivity index (χ0) is 13.1. The topological polar surface area (TPSA) is 64.4 Å². The lowest BCUT2D eigenvalue weighted by Gasteiger charge is -2.38. The molecule has 0 bridgehead atoms. The SMILES string of the molecule is C/C=C/[C@@H]1CC(=O)N[C@H]1[C@@H](N)[C@](C)(CC)OC. The molecular weight excluding hydrogens is 216 g/mol. The average molecular weight is 240 g/mol. The highest BCUT2D eigenvalue weighted by Gasteiger charge is 2.42.